The lowest BCUT2D eigenvalue weighted by molar-refractivity contribution is -0.160. The van der Waals surface area contributed by atoms with Crippen molar-refractivity contribution in [1.29, 1.82) is 0 Å². The molecule has 5 rings (SSSR count). The standard InChI is InChI=1S/C32H33N5O7S3/c1-32(2,3)44-23(38)16-42-35-24(20-15-22(33)47-36-20)28(39)34-25-29(40)37-26(21(45-4)17-46-30(25)37)31(41)43-27(18-11-7-5-8-12-18)19-13-9-6-10-14-19/h5-15,25,27,30H,16-17,33H2,1-4H3,(H,34,39)/b35-24+. The molecular formula is C32H33N5O7S3. The minimum atomic E-state index is -0.982. The van der Waals surface area contributed by atoms with Gasteiger partial charge in [-0.15, -0.1) is 23.5 Å². The molecule has 15 heteroatoms. The first-order chi connectivity index (χ1) is 22.5. The molecule has 3 aromatic rings. The number of esters is 2. The maximum atomic E-state index is 13.9. The molecule has 47 heavy (non-hydrogen) atoms. The minimum absolute atomic E-state index is 0.107. The number of thioether (sulfide) groups is 2. The largest absolute Gasteiger partial charge is 0.457 e. The van der Waals surface area contributed by atoms with Crippen LogP contribution in [-0.4, -0.2) is 74.4 Å². The molecular weight excluding hydrogens is 663 g/mol. The predicted molar refractivity (Wildman–Crippen MR) is 181 cm³/mol. The van der Waals surface area contributed by atoms with Gasteiger partial charge in [0.05, 0.1) is 0 Å². The van der Waals surface area contributed by atoms with Gasteiger partial charge in [-0.3, -0.25) is 14.5 Å². The van der Waals surface area contributed by atoms with Crippen LogP contribution in [0.1, 0.15) is 43.7 Å². The second kappa shape index (κ2) is 14.6. The summed E-state index contributed by atoms with van der Waals surface area (Å²) in [7, 11) is 0. The molecule has 12 nitrogen and oxygen atoms in total. The molecule has 2 unspecified atom stereocenters. The Bertz CT molecular complexity index is 1670. The van der Waals surface area contributed by atoms with Crippen molar-refractivity contribution < 1.29 is 33.5 Å². The molecule has 0 bridgehead atoms. The van der Waals surface area contributed by atoms with E-state index < -0.39 is 53.5 Å². The van der Waals surface area contributed by atoms with Crippen LogP contribution in [0.5, 0.6) is 0 Å². The molecule has 1 fully saturated rings. The fourth-order valence-corrected chi connectivity index (χ4v) is 7.57. The van der Waals surface area contributed by atoms with Crippen LogP contribution in [0.3, 0.4) is 0 Å². The van der Waals surface area contributed by atoms with Gasteiger partial charge in [-0.05, 0) is 49.7 Å². The van der Waals surface area contributed by atoms with Crippen molar-refractivity contribution in [2.24, 2.45) is 5.16 Å². The smallest absolute Gasteiger partial charge is 0.356 e. The number of hydrogen-bond acceptors (Lipinski definition) is 13. The number of carbonyl (C=O) groups excluding carboxylic acids is 4. The molecule has 0 aliphatic carbocycles. The summed E-state index contributed by atoms with van der Waals surface area (Å²) in [6.07, 6.45) is 1.13. The van der Waals surface area contributed by atoms with E-state index in [4.69, 9.17) is 20.0 Å². The molecule has 1 saturated heterocycles. The van der Waals surface area contributed by atoms with Gasteiger partial charge in [-0.1, -0.05) is 65.8 Å². The number of oxime groups is 1. The van der Waals surface area contributed by atoms with Crippen molar-refractivity contribution >= 4 is 69.5 Å². The van der Waals surface area contributed by atoms with Crippen LogP contribution in [0.25, 0.3) is 0 Å². The van der Waals surface area contributed by atoms with Crippen LogP contribution < -0.4 is 11.1 Å². The highest BCUT2D eigenvalue weighted by Gasteiger charge is 2.55. The summed E-state index contributed by atoms with van der Waals surface area (Å²) in [4.78, 5) is 60.3. The first-order valence-corrected chi connectivity index (χ1v) is 17.5. The molecule has 1 aromatic heterocycles. The van der Waals surface area contributed by atoms with Crippen molar-refractivity contribution in [3.8, 4) is 0 Å². The number of amides is 2. The summed E-state index contributed by atoms with van der Waals surface area (Å²) in [5.74, 6) is -2.16. The summed E-state index contributed by atoms with van der Waals surface area (Å²) < 4.78 is 15.5. The number of aromatic nitrogens is 1. The SMILES string of the molecule is CSC1=C(C(=O)OC(c2ccccc2)c2ccccc2)N2C(=O)C(NC(=O)/C(=N/OCC(=O)OC(C)(C)C)c3cc(N)sn3)C2SC1. The van der Waals surface area contributed by atoms with Crippen LogP contribution in [0.4, 0.5) is 5.00 Å². The number of nitrogens with two attached hydrogens (primary N) is 1. The average molecular weight is 696 g/mol. The molecule has 0 spiro atoms. The zero-order valence-corrected chi connectivity index (χ0v) is 28.4. The Kier molecular flexibility index (Phi) is 10.6. The molecule has 2 aliphatic heterocycles. The lowest BCUT2D eigenvalue weighted by Gasteiger charge is -2.49. The molecule has 3 heterocycles. The first-order valence-electron chi connectivity index (χ1n) is 14.4. The number of nitrogen functional groups attached to an aromatic ring is 1. The van der Waals surface area contributed by atoms with Crippen molar-refractivity contribution in [3.63, 3.8) is 0 Å². The highest BCUT2D eigenvalue weighted by Crippen LogP contribution is 2.44. The second-order valence-corrected chi connectivity index (χ2v) is 14.2. The Hall–Kier alpha value is -4.34. The van der Waals surface area contributed by atoms with E-state index in [0.29, 0.717) is 15.7 Å². The van der Waals surface area contributed by atoms with Gasteiger partial charge in [0.1, 0.15) is 33.4 Å². The Morgan fingerprint density at radius 1 is 1.11 bits per heavy atom. The summed E-state index contributed by atoms with van der Waals surface area (Å²) >= 11 is 3.71. The van der Waals surface area contributed by atoms with Crippen molar-refractivity contribution in [1.82, 2.24) is 14.6 Å². The summed E-state index contributed by atoms with van der Waals surface area (Å²) in [6, 6.07) is 19.2. The third kappa shape index (κ3) is 7.97. The second-order valence-electron chi connectivity index (χ2n) is 11.4. The van der Waals surface area contributed by atoms with Crippen molar-refractivity contribution in [3.05, 3.63) is 94.2 Å². The van der Waals surface area contributed by atoms with Gasteiger partial charge in [0.15, 0.2) is 11.8 Å². The molecule has 2 atom stereocenters. The maximum absolute atomic E-state index is 13.9. The van der Waals surface area contributed by atoms with Gasteiger partial charge in [-0.25, -0.2) is 9.59 Å². The van der Waals surface area contributed by atoms with Crippen LogP contribution in [0.15, 0.2) is 82.5 Å². The monoisotopic (exact) mass is 695 g/mol. The number of ether oxygens (including phenoxy) is 2. The highest BCUT2D eigenvalue weighted by molar-refractivity contribution is 8.05. The quantitative estimate of drug-likeness (QED) is 0.129. The fourth-order valence-electron chi connectivity index (χ4n) is 4.82. The van der Waals surface area contributed by atoms with E-state index in [9.17, 15) is 19.2 Å². The summed E-state index contributed by atoms with van der Waals surface area (Å²) in [6.45, 7) is 4.57. The Labute approximate surface area is 284 Å². The van der Waals surface area contributed by atoms with E-state index in [1.54, 1.807) is 20.8 Å². The lowest BCUT2D eigenvalue weighted by Crippen LogP contribution is -2.71. The van der Waals surface area contributed by atoms with Crippen molar-refractivity contribution in [2.45, 2.75) is 43.9 Å². The third-order valence-corrected chi connectivity index (χ3v) is 9.74. The molecule has 2 amide bonds. The number of fused-ring (bicyclic) bond motifs is 1. The number of hydrogen-bond donors (Lipinski definition) is 2. The number of nitrogens with one attached hydrogen (secondary N) is 1. The number of anilines is 1. The van der Waals surface area contributed by atoms with E-state index in [0.717, 1.165) is 22.7 Å². The van der Waals surface area contributed by atoms with E-state index >= 15 is 0 Å². The predicted octanol–water partition coefficient (Wildman–Crippen LogP) is 4.10. The van der Waals surface area contributed by atoms with Gasteiger partial charge < -0.3 is 25.4 Å². The summed E-state index contributed by atoms with van der Waals surface area (Å²) in [5.41, 5.74) is 6.64. The molecule has 3 N–H and O–H groups in total. The van der Waals surface area contributed by atoms with Gasteiger partial charge in [0.2, 0.25) is 6.61 Å². The summed E-state index contributed by atoms with van der Waals surface area (Å²) in [5, 5.41) is 6.29. The van der Waals surface area contributed by atoms with Gasteiger partial charge >= 0.3 is 11.9 Å². The highest BCUT2D eigenvalue weighted by atomic mass is 32.2. The average Bonchev–Trinajstić information content (AvgIpc) is 3.48. The zero-order chi connectivity index (χ0) is 33.7. The van der Waals surface area contributed by atoms with Gasteiger partial charge in [-0.2, -0.15) is 4.37 Å². The number of carbonyl (C=O) groups is 4. The third-order valence-electron chi connectivity index (χ3n) is 6.83. The van der Waals surface area contributed by atoms with E-state index in [1.807, 2.05) is 66.9 Å². The van der Waals surface area contributed by atoms with Crippen LogP contribution in [0, 0.1) is 0 Å². The van der Waals surface area contributed by atoms with E-state index in [-0.39, 0.29) is 17.1 Å². The molecule has 0 radical (unpaired) electrons. The maximum Gasteiger partial charge on any atom is 0.356 e. The topological polar surface area (TPSA) is 163 Å². The normalized spacial score (nSPS) is 17.9. The zero-order valence-electron chi connectivity index (χ0n) is 26.0. The Morgan fingerprint density at radius 3 is 2.30 bits per heavy atom. The number of nitrogens with zero attached hydrogens (tertiary/aromatic N) is 3. The van der Waals surface area contributed by atoms with Gasteiger partial charge in [0, 0.05) is 16.7 Å². The van der Waals surface area contributed by atoms with E-state index in [2.05, 4.69) is 14.8 Å². The lowest BCUT2D eigenvalue weighted by atomic mass is 10.0. The minimum Gasteiger partial charge on any atom is -0.457 e. The van der Waals surface area contributed by atoms with Crippen LogP contribution in [0.2, 0.25) is 0 Å². The first kappa shape index (κ1) is 34.0. The fraction of sp³-hybridized carbons (Fsp3) is 0.312. The molecule has 2 aromatic carbocycles. The Morgan fingerprint density at radius 2 is 1.74 bits per heavy atom. The molecule has 246 valence electrons. The van der Waals surface area contributed by atoms with E-state index in [1.165, 1.54) is 34.5 Å². The number of rotatable bonds is 11. The van der Waals surface area contributed by atoms with Gasteiger partial charge in [0.25, 0.3) is 11.8 Å². The number of β-lactam (4-membered cyclic amide) rings is 1. The van der Waals surface area contributed by atoms with Crippen LogP contribution >= 0.6 is 35.1 Å². The Balaban J connectivity index is 1.33. The molecule has 2 aliphatic rings. The number of benzene rings is 2. The molecule has 0 saturated carbocycles. The van der Waals surface area contributed by atoms with Crippen LogP contribution in [-0.2, 0) is 33.5 Å². The van der Waals surface area contributed by atoms with Crippen molar-refractivity contribution in [2.75, 3.05) is 24.3 Å².